The van der Waals surface area contributed by atoms with Gasteiger partial charge in [0.15, 0.2) is 0 Å². The van der Waals surface area contributed by atoms with Crippen molar-refractivity contribution in [3.63, 3.8) is 0 Å². The van der Waals surface area contributed by atoms with E-state index >= 15 is 0 Å². The highest BCUT2D eigenvalue weighted by atomic mass is 16.5. The number of amides is 2. The van der Waals surface area contributed by atoms with Crippen molar-refractivity contribution >= 4 is 30.0 Å². The number of carbonyl (C=O) groups excluding carboxylic acids is 2. The highest BCUT2D eigenvalue weighted by Crippen LogP contribution is 2.35. The molecule has 0 radical (unpaired) electrons. The first-order valence-corrected chi connectivity index (χ1v) is 11.8. The van der Waals surface area contributed by atoms with Crippen LogP contribution in [0.3, 0.4) is 0 Å². The maximum Gasteiger partial charge on any atom is 0.271 e. The van der Waals surface area contributed by atoms with Crippen LogP contribution >= 0.6 is 0 Å². The molecule has 0 saturated heterocycles. The van der Waals surface area contributed by atoms with Gasteiger partial charge in [0.25, 0.3) is 5.91 Å². The quantitative estimate of drug-likeness (QED) is 0.107. The van der Waals surface area contributed by atoms with Gasteiger partial charge in [-0.2, -0.15) is 0 Å². The van der Waals surface area contributed by atoms with Gasteiger partial charge in [0.05, 0.1) is 25.4 Å². The standard InChI is InChI=1S/C28H37N5O3/c1-6-8-10-25(9-7-2)33-26(20-30-4)28(35)31-16-14-22-17-23(18-22)19-32-27(34)12-11-24(13-15-29)21(3)36-5/h7,9,11-13,15,20,22-23,29H,2-3,10,14,16-19H2,1,4-5H3,(H,31,35)(H,32,34)/b12-11+,24-13-,25-9+,29-15?,30-20?,33-26?. The first kappa shape index (κ1) is 30.0. The van der Waals surface area contributed by atoms with Gasteiger partial charge in [-0.25, -0.2) is 4.99 Å². The molecule has 192 valence electrons. The Kier molecular flexibility index (Phi) is 14.6. The van der Waals surface area contributed by atoms with Crippen molar-refractivity contribution in [2.75, 3.05) is 27.2 Å². The summed E-state index contributed by atoms with van der Waals surface area (Å²) in [5.74, 6) is 6.59. The van der Waals surface area contributed by atoms with Gasteiger partial charge in [-0.1, -0.05) is 25.2 Å². The lowest BCUT2D eigenvalue weighted by molar-refractivity contribution is -0.117. The molecule has 8 nitrogen and oxygen atoms in total. The molecule has 0 bridgehead atoms. The average Bonchev–Trinajstić information content (AvgIpc) is 2.84. The van der Waals surface area contributed by atoms with Crippen molar-refractivity contribution in [2.24, 2.45) is 21.8 Å². The molecule has 1 saturated carbocycles. The van der Waals surface area contributed by atoms with Crippen LogP contribution < -0.4 is 10.6 Å². The van der Waals surface area contributed by atoms with Gasteiger partial charge in [-0.05, 0) is 56.3 Å². The molecule has 8 heteroatoms. The first-order chi connectivity index (χ1) is 17.4. The zero-order valence-electron chi connectivity index (χ0n) is 21.5. The van der Waals surface area contributed by atoms with Gasteiger partial charge in [0, 0.05) is 38.0 Å². The minimum atomic E-state index is -0.275. The summed E-state index contributed by atoms with van der Waals surface area (Å²) < 4.78 is 5.05. The Hall–Kier alpha value is -3.99. The molecule has 2 amide bonds. The molecule has 0 aromatic rings. The molecule has 0 heterocycles. The molecular weight excluding hydrogens is 454 g/mol. The molecule has 36 heavy (non-hydrogen) atoms. The summed E-state index contributed by atoms with van der Waals surface area (Å²) in [5, 5.41) is 13.0. The van der Waals surface area contributed by atoms with Crippen molar-refractivity contribution in [3.05, 3.63) is 60.6 Å². The molecule has 0 unspecified atom stereocenters. The van der Waals surface area contributed by atoms with Gasteiger partial charge < -0.3 is 20.8 Å². The Morgan fingerprint density at radius 2 is 1.94 bits per heavy atom. The van der Waals surface area contributed by atoms with Crippen molar-refractivity contribution in [2.45, 2.75) is 32.6 Å². The van der Waals surface area contributed by atoms with E-state index < -0.39 is 0 Å². The maximum atomic E-state index is 12.6. The van der Waals surface area contributed by atoms with Crippen LogP contribution in [0.4, 0.5) is 0 Å². The molecule has 1 aliphatic carbocycles. The predicted molar refractivity (Wildman–Crippen MR) is 147 cm³/mol. The number of rotatable bonds is 15. The lowest BCUT2D eigenvalue weighted by Crippen LogP contribution is -2.38. The van der Waals surface area contributed by atoms with Crippen LogP contribution in [0.25, 0.3) is 0 Å². The van der Waals surface area contributed by atoms with Crippen LogP contribution in [0.1, 0.15) is 32.6 Å². The van der Waals surface area contributed by atoms with Crippen LogP contribution in [0, 0.1) is 29.1 Å². The Bertz CT molecular complexity index is 1020. The number of ether oxygens (including phenoxy) is 1. The minimum absolute atomic E-state index is 0.204. The smallest absolute Gasteiger partial charge is 0.271 e. The number of nitrogens with zero attached hydrogens (tertiary/aromatic N) is 2. The number of aliphatic imine (C=N–C) groups is 2. The summed E-state index contributed by atoms with van der Waals surface area (Å²) in [5.41, 5.74) is 1.45. The summed E-state index contributed by atoms with van der Waals surface area (Å²) in [6.07, 6.45) is 13.7. The molecule has 1 fully saturated rings. The monoisotopic (exact) mass is 491 g/mol. The fourth-order valence-electron chi connectivity index (χ4n) is 3.54. The van der Waals surface area contributed by atoms with Gasteiger partial charge in [0.1, 0.15) is 11.5 Å². The summed E-state index contributed by atoms with van der Waals surface area (Å²) in [6.45, 7) is 10.3. The maximum absolute atomic E-state index is 12.6. The van der Waals surface area contributed by atoms with E-state index in [2.05, 4.69) is 45.6 Å². The number of nitrogens with one attached hydrogen (secondary N) is 3. The van der Waals surface area contributed by atoms with Crippen molar-refractivity contribution in [1.29, 1.82) is 5.41 Å². The van der Waals surface area contributed by atoms with E-state index in [1.54, 1.807) is 32.2 Å². The van der Waals surface area contributed by atoms with E-state index in [0.717, 1.165) is 25.5 Å². The molecule has 0 aromatic heterocycles. The molecule has 3 N–H and O–H groups in total. The van der Waals surface area contributed by atoms with E-state index in [-0.39, 0.29) is 17.5 Å². The van der Waals surface area contributed by atoms with Gasteiger partial charge in [0.2, 0.25) is 5.91 Å². The fraction of sp³-hybridized carbons (Fsp3) is 0.393. The van der Waals surface area contributed by atoms with E-state index in [0.29, 0.717) is 48.4 Å². The predicted octanol–water partition coefficient (Wildman–Crippen LogP) is 3.55. The number of carbonyl (C=O) groups is 2. The Balaban J connectivity index is 2.44. The van der Waals surface area contributed by atoms with E-state index in [9.17, 15) is 9.59 Å². The molecule has 1 rings (SSSR count). The highest BCUT2D eigenvalue weighted by Gasteiger charge is 2.28. The van der Waals surface area contributed by atoms with Crippen LogP contribution in [-0.4, -0.2) is 57.2 Å². The third kappa shape index (κ3) is 11.4. The van der Waals surface area contributed by atoms with E-state index in [1.807, 2.05) is 0 Å². The van der Waals surface area contributed by atoms with E-state index in [4.69, 9.17) is 10.1 Å². The normalized spacial score (nSPS) is 18.1. The van der Waals surface area contributed by atoms with E-state index in [1.165, 1.54) is 25.5 Å². The number of methoxy groups -OCH3 is 1. The molecule has 0 spiro atoms. The Labute approximate surface area is 214 Å². The van der Waals surface area contributed by atoms with Crippen LogP contribution in [0.2, 0.25) is 0 Å². The summed E-state index contributed by atoms with van der Waals surface area (Å²) in [4.78, 5) is 33.0. The van der Waals surface area contributed by atoms with Crippen molar-refractivity contribution in [1.82, 2.24) is 10.6 Å². The summed E-state index contributed by atoms with van der Waals surface area (Å²) in [6, 6.07) is 0. The van der Waals surface area contributed by atoms with Crippen molar-refractivity contribution < 1.29 is 14.3 Å². The average molecular weight is 492 g/mol. The minimum Gasteiger partial charge on any atom is -0.497 e. The molecule has 0 aromatic carbocycles. The lowest BCUT2D eigenvalue weighted by atomic mass is 9.73. The Morgan fingerprint density at radius 3 is 2.56 bits per heavy atom. The van der Waals surface area contributed by atoms with Gasteiger partial charge >= 0.3 is 0 Å². The second-order valence-electron chi connectivity index (χ2n) is 8.12. The number of hydrogen-bond donors (Lipinski definition) is 3. The van der Waals surface area contributed by atoms with Crippen LogP contribution in [0.15, 0.2) is 70.6 Å². The molecule has 1 aliphatic rings. The SMILES string of the molecule is C=C/C=C(\CC#CC)N=C(C=NC)C(=O)NCCC1CC(CNC(=O)/C=C/C(=C/C=N)C(=C)OC)C1. The second kappa shape index (κ2) is 17.4. The summed E-state index contributed by atoms with van der Waals surface area (Å²) >= 11 is 0. The topological polar surface area (TPSA) is 116 Å². The van der Waals surface area contributed by atoms with Crippen molar-refractivity contribution in [3.8, 4) is 11.8 Å². The van der Waals surface area contributed by atoms with Crippen LogP contribution in [0.5, 0.6) is 0 Å². The zero-order valence-corrected chi connectivity index (χ0v) is 21.5. The number of hydrogen-bond acceptors (Lipinski definition) is 6. The summed E-state index contributed by atoms with van der Waals surface area (Å²) in [7, 11) is 3.08. The number of allylic oxidation sites excluding steroid dienone is 5. The second-order valence-corrected chi connectivity index (χ2v) is 8.12. The third-order valence-electron chi connectivity index (χ3n) is 5.49. The lowest BCUT2D eigenvalue weighted by Gasteiger charge is -2.35. The largest absolute Gasteiger partial charge is 0.497 e. The Morgan fingerprint density at radius 1 is 1.19 bits per heavy atom. The van der Waals surface area contributed by atoms with Gasteiger partial charge in [-0.15, -0.1) is 5.92 Å². The van der Waals surface area contributed by atoms with Gasteiger partial charge in [-0.3, -0.25) is 14.6 Å². The van der Waals surface area contributed by atoms with Crippen LogP contribution in [-0.2, 0) is 14.3 Å². The fourth-order valence-corrected chi connectivity index (χ4v) is 3.54. The molecular formula is C28H37N5O3. The zero-order chi connectivity index (χ0) is 26.8. The third-order valence-corrected chi connectivity index (χ3v) is 5.49. The highest BCUT2D eigenvalue weighted by molar-refractivity contribution is 6.60. The molecule has 0 atom stereocenters. The first-order valence-electron chi connectivity index (χ1n) is 11.8. The molecule has 0 aliphatic heterocycles.